The van der Waals surface area contributed by atoms with E-state index in [1.54, 1.807) is 11.8 Å². The number of hydrogen-bond donors (Lipinski definition) is 1. The average molecular weight is 299 g/mol. The van der Waals surface area contributed by atoms with Gasteiger partial charge in [-0.2, -0.15) is 0 Å². The minimum absolute atomic E-state index is 0.228. The molecular weight excluding hydrogens is 280 g/mol. The van der Waals surface area contributed by atoms with Crippen LogP contribution in [0.4, 0.5) is 0 Å². The number of halogens is 1. The van der Waals surface area contributed by atoms with Crippen molar-refractivity contribution in [3.05, 3.63) is 29.3 Å². The summed E-state index contributed by atoms with van der Waals surface area (Å²) >= 11 is 7.71. The van der Waals surface area contributed by atoms with E-state index in [4.69, 9.17) is 17.3 Å². The number of rotatable bonds is 4. The molecule has 1 aliphatic rings. The number of nitrogens with zero attached hydrogens (tertiary/aromatic N) is 1. The van der Waals surface area contributed by atoms with Crippen molar-refractivity contribution in [1.82, 2.24) is 4.90 Å². The van der Waals surface area contributed by atoms with Crippen LogP contribution in [0.15, 0.2) is 29.2 Å². The van der Waals surface area contributed by atoms with Crippen LogP contribution in [0.1, 0.15) is 19.3 Å². The molecule has 0 aliphatic carbocycles. The quantitative estimate of drug-likeness (QED) is 0.870. The van der Waals surface area contributed by atoms with Gasteiger partial charge in [-0.15, -0.1) is 11.8 Å². The lowest BCUT2D eigenvalue weighted by Gasteiger charge is -2.30. The molecule has 0 bridgehead atoms. The van der Waals surface area contributed by atoms with E-state index in [0.717, 1.165) is 41.6 Å². The van der Waals surface area contributed by atoms with Crippen LogP contribution >= 0.6 is 23.4 Å². The monoisotopic (exact) mass is 298 g/mol. The molecule has 0 unspecified atom stereocenters. The summed E-state index contributed by atoms with van der Waals surface area (Å²) in [4.78, 5) is 15.0. The molecule has 1 fully saturated rings. The molecule has 0 aromatic heterocycles. The molecule has 1 aromatic carbocycles. The highest BCUT2D eigenvalue weighted by atomic mass is 35.5. The zero-order chi connectivity index (χ0) is 13.7. The highest BCUT2D eigenvalue weighted by molar-refractivity contribution is 7.99. The number of benzene rings is 1. The molecule has 3 nitrogen and oxygen atoms in total. The normalized spacial score (nSPS) is 16.6. The second kappa shape index (κ2) is 7.17. The van der Waals surface area contributed by atoms with E-state index >= 15 is 0 Å². The van der Waals surface area contributed by atoms with Gasteiger partial charge in [-0.1, -0.05) is 23.7 Å². The number of thioether (sulfide) groups is 1. The van der Waals surface area contributed by atoms with E-state index in [0.29, 0.717) is 6.42 Å². The van der Waals surface area contributed by atoms with E-state index in [2.05, 4.69) is 0 Å². The Morgan fingerprint density at radius 2 is 2.05 bits per heavy atom. The Balaban J connectivity index is 1.74. The van der Waals surface area contributed by atoms with E-state index in [1.807, 2.05) is 29.2 Å². The van der Waals surface area contributed by atoms with Crippen LogP contribution in [0.25, 0.3) is 0 Å². The van der Waals surface area contributed by atoms with Crippen LogP contribution in [0.3, 0.4) is 0 Å². The molecule has 2 N–H and O–H groups in total. The summed E-state index contributed by atoms with van der Waals surface area (Å²) in [7, 11) is 0. The maximum atomic E-state index is 12.0. The summed E-state index contributed by atoms with van der Waals surface area (Å²) in [5.74, 6) is 0.997. The molecule has 1 heterocycles. The van der Waals surface area contributed by atoms with Crippen LogP contribution in [-0.2, 0) is 4.79 Å². The molecule has 1 aromatic rings. The van der Waals surface area contributed by atoms with Gasteiger partial charge in [0.25, 0.3) is 0 Å². The summed E-state index contributed by atoms with van der Waals surface area (Å²) < 4.78 is 0. The zero-order valence-corrected chi connectivity index (χ0v) is 12.4. The lowest BCUT2D eigenvalue weighted by atomic mass is 10.1. The van der Waals surface area contributed by atoms with Gasteiger partial charge < -0.3 is 10.6 Å². The van der Waals surface area contributed by atoms with Crippen molar-refractivity contribution in [2.45, 2.75) is 30.2 Å². The van der Waals surface area contributed by atoms with Gasteiger partial charge >= 0.3 is 0 Å². The minimum atomic E-state index is 0.228. The Labute approximate surface area is 123 Å². The van der Waals surface area contributed by atoms with Crippen molar-refractivity contribution in [3.8, 4) is 0 Å². The Hall–Kier alpha value is -0.710. The molecule has 0 saturated carbocycles. The van der Waals surface area contributed by atoms with E-state index in [1.165, 1.54) is 0 Å². The molecule has 2 rings (SSSR count). The molecule has 5 heteroatoms. The molecule has 19 heavy (non-hydrogen) atoms. The number of piperidine rings is 1. The molecule has 0 spiro atoms. The Morgan fingerprint density at radius 3 is 2.74 bits per heavy atom. The smallest absolute Gasteiger partial charge is 0.223 e. The summed E-state index contributed by atoms with van der Waals surface area (Å²) in [6.07, 6.45) is 2.40. The summed E-state index contributed by atoms with van der Waals surface area (Å²) in [6, 6.07) is 7.99. The first-order valence-corrected chi connectivity index (χ1v) is 7.94. The minimum Gasteiger partial charge on any atom is -0.343 e. The topological polar surface area (TPSA) is 46.3 Å². The standard InChI is InChI=1S/C14H19ClN2OS/c15-12-3-1-2-4-13(12)19-10-7-14(18)17-8-5-11(16)6-9-17/h1-4,11H,5-10,16H2. The molecule has 104 valence electrons. The second-order valence-electron chi connectivity index (χ2n) is 4.75. The third-order valence-corrected chi connectivity index (χ3v) is 4.82. The summed E-state index contributed by atoms with van der Waals surface area (Å²) in [5.41, 5.74) is 5.83. The molecule has 1 amide bonds. The first-order chi connectivity index (χ1) is 9.16. The molecular formula is C14H19ClN2OS. The maximum absolute atomic E-state index is 12.0. The van der Waals surface area contributed by atoms with Gasteiger partial charge in [-0.25, -0.2) is 0 Å². The van der Waals surface area contributed by atoms with Crippen molar-refractivity contribution >= 4 is 29.3 Å². The lowest BCUT2D eigenvalue weighted by Crippen LogP contribution is -2.42. The third-order valence-electron chi connectivity index (χ3n) is 3.30. The fourth-order valence-corrected chi connectivity index (χ4v) is 3.29. The summed E-state index contributed by atoms with van der Waals surface area (Å²) in [5, 5.41) is 0.754. The molecule has 1 aliphatic heterocycles. The van der Waals surface area contributed by atoms with Gasteiger partial charge in [0.15, 0.2) is 0 Å². The predicted molar refractivity (Wildman–Crippen MR) is 80.6 cm³/mol. The Bertz CT molecular complexity index is 433. The number of carbonyl (C=O) groups excluding carboxylic acids is 1. The number of carbonyl (C=O) groups is 1. The number of hydrogen-bond acceptors (Lipinski definition) is 3. The fraction of sp³-hybridized carbons (Fsp3) is 0.500. The van der Waals surface area contributed by atoms with Gasteiger partial charge in [0.2, 0.25) is 5.91 Å². The van der Waals surface area contributed by atoms with Crippen molar-refractivity contribution in [1.29, 1.82) is 0 Å². The maximum Gasteiger partial charge on any atom is 0.223 e. The van der Waals surface area contributed by atoms with Crippen LogP contribution < -0.4 is 5.73 Å². The van der Waals surface area contributed by atoms with Gasteiger partial charge in [0.05, 0.1) is 5.02 Å². The van der Waals surface area contributed by atoms with Gasteiger partial charge in [-0.3, -0.25) is 4.79 Å². The highest BCUT2D eigenvalue weighted by Gasteiger charge is 2.20. The van der Waals surface area contributed by atoms with Crippen LogP contribution in [0.2, 0.25) is 5.02 Å². The van der Waals surface area contributed by atoms with E-state index < -0.39 is 0 Å². The molecule has 0 radical (unpaired) electrons. The first kappa shape index (κ1) is 14.7. The second-order valence-corrected chi connectivity index (χ2v) is 6.29. The van der Waals surface area contributed by atoms with E-state index in [9.17, 15) is 4.79 Å². The van der Waals surface area contributed by atoms with Crippen molar-refractivity contribution < 1.29 is 4.79 Å². The number of amides is 1. The average Bonchev–Trinajstić information content (AvgIpc) is 2.41. The van der Waals surface area contributed by atoms with Crippen molar-refractivity contribution in [2.75, 3.05) is 18.8 Å². The van der Waals surface area contributed by atoms with Gasteiger partial charge in [0.1, 0.15) is 0 Å². The van der Waals surface area contributed by atoms with Crippen molar-refractivity contribution in [3.63, 3.8) is 0 Å². The lowest BCUT2D eigenvalue weighted by molar-refractivity contribution is -0.131. The van der Waals surface area contributed by atoms with Gasteiger partial charge in [0, 0.05) is 36.2 Å². The summed E-state index contributed by atoms with van der Waals surface area (Å²) in [6.45, 7) is 1.60. The third kappa shape index (κ3) is 4.41. The number of nitrogens with two attached hydrogens (primary N) is 1. The Morgan fingerprint density at radius 1 is 1.37 bits per heavy atom. The zero-order valence-electron chi connectivity index (χ0n) is 10.8. The van der Waals surface area contributed by atoms with Crippen LogP contribution in [-0.4, -0.2) is 35.7 Å². The van der Waals surface area contributed by atoms with E-state index in [-0.39, 0.29) is 11.9 Å². The number of likely N-dealkylation sites (tertiary alicyclic amines) is 1. The van der Waals surface area contributed by atoms with Gasteiger partial charge in [-0.05, 0) is 25.0 Å². The predicted octanol–water partition coefficient (Wildman–Crippen LogP) is 2.77. The highest BCUT2D eigenvalue weighted by Crippen LogP contribution is 2.27. The van der Waals surface area contributed by atoms with Crippen LogP contribution in [0, 0.1) is 0 Å². The molecule has 0 atom stereocenters. The van der Waals surface area contributed by atoms with Crippen LogP contribution in [0.5, 0.6) is 0 Å². The largest absolute Gasteiger partial charge is 0.343 e. The fourth-order valence-electron chi connectivity index (χ4n) is 2.12. The first-order valence-electron chi connectivity index (χ1n) is 6.57. The molecule has 1 saturated heterocycles. The van der Waals surface area contributed by atoms with Crippen molar-refractivity contribution in [2.24, 2.45) is 5.73 Å². The Kier molecular flexibility index (Phi) is 5.55. The SMILES string of the molecule is NC1CCN(C(=O)CCSc2ccccc2Cl)CC1.